The average Bonchev–Trinajstić information content (AvgIpc) is 3.31. The molecule has 0 saturated heterocycles. The number of nitrogens with zero attached hydrogens (tertiary/aromatic N) is 1. The maximum atomic E-state index is 11.9. The van der Waals surface area contributed by atoms with Gasteiger partial charge in [0.1, 0.15) is 0 Å². The SMILES string of the molecule is CC(C1CC1)N(C)CCCC(=O)Nc1cccc(CN)c1. The Kier molecular flexibility index (Phi) is 5.76. The number of hydrogen-bond donors (Lipinski definition) is 2. The first-order chi connectivity index (χ1) is 10.1. The number of rotatable bonds is 8. The first-order valence-corrected chi connectivity index (χ1v) is 7.89. The smallest absolute Gasteiger partial charge is 0.224 e. The lowest BCUT2D eigenvalue weighted by Gasteiger charge is -2.24. The quantitative estimate of drug-likeness (QED) is 0.773. The molecule has 3 N–H and O–H groups in total. The third-order valence-corrected chi connectivity index (χ3v) is 4.36. The number of anilines is 1. The zero-order valence-corrected chi connectivity index (χ0v) is 13.1. The van der Waals surface area contributed by atoms with Gasteiger partial charge in [-0.1, -0.05) is 12.1 Å². The normalized spacial score (nSPS) is 16.0. The summed E-state index contributed by atoms with van der Waals surface area (Å²) in [6.07, 6.45) is 4.19. The highest BCUT2D eigenvalue weighted by molar-refractivity contribution is 5.90. The summed E-state index contributed by atoms with van der Waals surface area (Å²) in [6.45, 7) is 3.76. The summed E-state index contributed by atoms with van der Waals surface area (Å²) in [6, 6.07) is 8.36. The molecule has 1 unspecified atom stereocenters. The van der Waals surface area contributed by atoms with E-state index in [1.165, 1.54) is 12.8 Å². The highest BCUT2D eigenvalue weighted by atomic mass is 16.1. The maximum absolute atomic E-state index is 11.9. The molecule has 0 bridgehead atoms. The molecule has 0 aliphatic heterocycles. The van der Waals surface area contributed by atoms with Crippen LogP contribution in [0.2, 0.25) is 0 Å². The second kappa shape index (κ2) is 7.57. The highest BCUT2D eigenvalue weighted by Crippen LogP contribution is 2.34. The van der Waals surface area contributed by atoms with Gasteiger partial charge in [0.15, 0.2) is 0 Å². The standard InChI is InChI=1S/C17H27N3O/c1-13(15-8-9-15)20(2)10-4-7-17(21)19-16-6-3-5-14(11-16)12-18/h3,5-6,11,13,15H,4,7-10,12,18H2,1-2H3,(H,19,21). The minimum atomic E-state index is 0.0802. The van der Waals surface area contributed by atoms with Gasteiger partial charge in [0, 0.05) is 24.7 Å². The van der Waals surface area contributed by atoms with E-state index in [1.54, 1.807) is 0 Å². The van der Waals surface area contributed by atoms with Gasteiger partial charge in [-0.25, -0.2) is 0 Å². The monoisotopic (exact) mass is 289 g/mol. The highest BCUT2D eigenvalue weighted by Gasteiger charge is 2.30. The van der Waals surface area contributed by atoms with Crippen LogP contribution in [-0.4, -0.2) is 30.4 Å². The van der Waals surface area contributed by atoms with E-state index in [0.29, 0.717) is 19.0 Å². The van der Waals surface area contributed by atoms with Crippen molar-refractivity contribution in [1.82, 2.24) is 4.90 Å². The second-order valence-corrected chi connectivity index (χ2v) is 6.11. The van der Waals surface area contributed by atoms with Crippen LogP contribution in [0.4, 0.5) is 5.69 Å². The number of amides is 1. The van der Waals surface area contributed by atoms with Crippen molar-refractivity contribution in [3.63, 3.8) is 0 Å². The molecule has 116 valence electrons. The van der Waals surface area contributed by atoms with E-state index < -0.39 is 0 Å². The molecule has 21 heavy (non-hydrogen) atoms. The van der Waals surface area contributed by atoms with Crippen molar-refractivity contribution in [3.05, 3.63) is 29.8 Å². The lowest BCUT2D eigenvalue weighted by atomic mass is 10.1. The van der Waals surface area contributed by atoms with Crippen LogP contribution in [0, 0.1) is 5.92 Å². The van der Waals surface area contributed by atoms with E-state index in [4.69, 9.17) is 5.73 Å². The fraction of sp³-hybridized carbons (Fsp3) is 0.588. The van der Waals surface area contributed by atoms with Crippen LogP contribution in [-0.2, 0) is 11.3 Å². The topological polar surface area (TPSA) is 58.4 Å². The van der Waals surface area contributed by atoms with Crippen molar-refractivity contribution in [1.29, 1.82) is 0 Å². The predicted octanol–water partition coefficient (Wildman–Crippen LogP) is 2.59. The van der Waals surface area contributed by atoms with Crippen LogP contribution >= 0.6 is 0 Å². The molecule has 1 aliphatic carbocycles. The van der Waals surface area contributed by atoms with Gasteiger partial charge in [0.05, 0.1) is 0 Å². The lowest BCUT2D eigenvalue weighted by Crippen LogP contribution is -2.32. The maximum Gasteiger partial charge on any atom is 0.224 e. The minimum Gasteiger partial charge on any atom is -0.326 e. The van der Waals surface area contributed by atoms with E-state index in [1.807, 2.05) is 24.3 Å². The van der Waals surface area contributed by atoms with Crippen LogP contribution in [0.3, 0.4) is 0 Å². The summed E-state index contributed by atoms with van der Waals surface area (Å²) >= 11 is 0. The van der Waals surface area contributed by atoms with Gasteiger partial charge in [-0.2, -0.15) is 0 Å². The van der Waals surface area contributed by atoms with Crippen LogP contribution in [0.5, 0.6) is 0 Å². The lowest BCUT2D eigenvalue weighted by molar-refractivity contribution is -0.116. The van der Waals surface area contributed by atoms with Crippen molar-refractivity contribution in [2.24, 2.45) is 11.7 Å². The first-order valence-electron chi connectivity index (χ1n) is 7.89. The molecule has 1 aromatic carbocycles. The molecule has 2 rings (SSSR count). The zero-order chi connectivity index (χ0) is 15.2. The number of carbonyl (C=O) groups is 1. The van der Waals surface area contributed by atoms with E-state index >= 15 is 0 Å². The summed E-state index contributed by atoms with van der Waals surface area (Å²) in [7, 11) is 2.16. The van der Waals surface area contributed by atoms with Gasteiger partial charge < -0.3 is 16.0 Å². The molecular formula is C17H27N3O. The van der Waals surface area contributed by atoms with Crippen LogP contribution < -0.4 is 11.1 Å². The molecule has 1 aromatic rings. The average molecular weight is 289 g/mol. The van der Waals surface area contributed by atoms with Gasteiger partial charge >= 0.3 is 0 Å². The summed E-state index contributed by atoms with van der Waals surface area (Å²) < 4.78 is 0. The van der Waals surface area contributed by atoms with Gasteiger partial charge in [-0.3, -0.25) is 4.79 Å². The Bertz CT molecular complexity index is 471. The Morgan fingerprint density at radius 2 is 2.24 bits per heavy atom. The molecule has 0 radical (unpaired) electrons. The van der Waals surface area contributed by atoms with Crippen molar-refractivity contribution in [3.8, 4) is 0 Å². The molecule has 1 aliphatic rings. The summed E-state index contributed by atoms with van der Waals surface area (Å²) in [5.74, 6) is 0.958. The number of carbonyl (C=O) groups excluding carboxylic acids is 1. The number of nitrogens with one attached hydrogen (secondary N) is 1. The van der Waals surface area contributed by atoms with Crippen LogP contribution in [0.1, 0.15) is 38.2 Å². The molecule has 4 heteroatoms. The molecule has 1 saturated carbocycles. The molecule has 1 fully saturated rings. The molecular weight excluding hydrogens is 262 g/mol. The molecule has 1 amide bonds. The van der Waals surface area contributed by atoms with Gasteiger partial charge in [-0.15, -0.1) is 0 Å². The molecule has 0 aromatic heterocycles. The zero-order valence-electron chi connectivity index (χ0n) is 13.1. The van der Waals surface area contributed by atoms with Crippen molar-refractivity contribution in [2.45, 2.75) is 45.2 Å². The van der Waals surface area contributed by atoms with Crippen molar-refractivity contribution in [2.75, 3.05) is 18.9 Å². The number of benzene rings is 1. The fourth-order valence-electron chi connectivity index (χ4n) is 2.63. The minimum absolute atomic E-state index is 0.0802. The summed E-state index contributed by atoms with van der Waals surface area (Å²) in [5.41, 5.74) is 7.47. The Labute approximate surface area is 127 Å². The van der Waals surface area contributed by atoms with Crippen molar-refractivity contribution >= 4 is 11.6 Å². The third-order valence-electron chi connectivity index (χ3n) is 4.36. The number of hydrogen-bond acceptors (Lipinski definition) is 3. The van der Waals surface area contributed by atoms with Crippen LogP contribution in [0.25, 0.3) is 0 Å². The Hall–Kier alpha value is -1.39. The van der Waals surface area contributed by atoms with E-state index in [0.717, 1.165) is 30.1 Å². The Morgan fingerprint density at radius 3 is 2.90 bits per heavy atom. The first kappa shape index (κ1) is 16.0. The Balaban J connectivity index is 1.69. The van der Waals surface area contributed by atoms with E-state index in [-0.39, 0.29) is 5.91 Å². The predicted molar refractivity (Wildman–Crippen MR) is 87.0 cm³/mol. The van der Waals surface area contributed by atoms with Gasteiger partial charge in [-0.05, 0) is 63.4 Å². The summed E-state index contributed by atoms with van der Waals surface area (Å²) in [5, 5.41) is 2.94. The van der Waals surface area contributed by atoms with E-state index in [9.17, 15) is 4.79 Å². The largest absolute Gasteiger partial charge is 0.326 e. The molecule has 0 spiro atoms. The third kappa shape index (κ3) is 5.14. The number of nitrogens with two attached hydrogens (primary N) is 1. The van der Waals surface area contributed by atoms with Gasteiger partial charge in [0.2, 0.25) is 5.91 Å². The fourth-order valence-corrected chi connectivity index (χ4v) is 2.63. The van der Waals surface area contributed by atoms with Gasteiger partial charge in [0.25, 0.3) is 0 Å². The summed E-state index contributed by atoms with van der Waals surface area (Å²) in [4.78, 5) is 14.3. The molecule has 4 nitrogen and oxygen atoms in total. The van der Waals surface area contributed by atoms with Crippen LogP contribution in [0.15, 0.2) is 24.3 Å². The molecule has 0 heterocycles. The Morgan fingerprint density at radius 1 is 1.48 bits per heavy atom. The van der Waals surface area contributed by atoms with Crippen molar-refractivity contribution < 1.29 is 4.79 Å². The second-order valence-electron chi connectivity index (χ2n) is 6.11. The molecule has 1 atom stereocenters. The van der Waals surface area contributed by atoms with E-state index in [2.05, 4.69) is 24.2 Å².